The number of carbonyl (C=O) groups is 1. The Kier molecular flexibility index (Phi) is 4.99. The van der Waals surface area contributed by atoms with E-state index in [0.717, 1.165) is 11.3 Å². The average molecular weight is 283 g/mol. The summed E-state index contributed by atoms with van der Waals surface area (Å²) in [6.45, 7) is 2.56. The Hall–Kier alpha value is -2.75. The van der Waals surface area contributed by atoms with Crippen LogP contribution in [0.1, 0.15) is 12.5 Å². The summed E-state index contributed by atoms with van der Waals surface area (Å²) in [7, 11) is 0. The minimum absolute atomic E-state index is 0.114. The van der Waals surface area contributed by atoms with Gasteiger partial charge >= 0.3 is 0 Å². The maximum atomic E-state index is 11.8. The first-order valence-corrected chi connectivity index (χ1v) is 6.68. The van der Waals surface area contributed by atoms with Crippen LogP contribution in [-0.4, -0.2) is 17.6 Å². The number of amides is 1. The van der Waals surface area contributed by atoms with E-state index < -0.39 is 0 Å². The smallest absolute Gasteiger partial charge is 0.248 e. The van der Waals surface area contributed by atoms with Gasteiger partial charge in [0.25, 0.3) is 0 Å². The third kappa shape index (κ3) is 4.69. The zero-order chi connectivity index (χ0) is 15.1. The molecule has 0 atom stereocenters. The molecule has 0 aliphatic heterocycles. The van der Waals surface area contributed by atoms with Crippen molar-refractivity contribution in [2.45, 2.75) is 6.92 Å². The summed E-state index contributed by atoms with van der Waals surface area (Å²) in [4.78, 5) is 11.8. The van der Waals surface area contributed by atoms with Gasteiger partial charge in [0.05, 0.1) is 6.61 Å². The highest BCUT2D eigenvalue weighted by molar-refractivity contribution is 6.02. The Morgan fingerprint density at radius 3 is 2.67 bits per heavy atom. The van der Waals surface area contributed by atoms with Gasteiger partial charge in [-0.15, -0.1) is 0 Å². The van der Waals surface area contributed by atoms with Gasteiger partial charge in [0.15, 0.2) is 0 Å². The number of hydrogen-bond donors (Lipinski definition) is 2. The minimum atomic E-state index is -0.255. The normalized spacial score (nSPS) is 10.5. The summed E-state index contributed by atoms with van der Waals surface area (Å²) in [6, 6.07) is 13.9. The number of benzene rings is 2. The molecule has 0 heterocycles. The van der Waals surface area contributed by atoms with Crippen molar-refractivity contribution in [2.24, 2.45) is 0 Å². The molecule has 2 rings (SSSR count). The second kappa shape index (κ2) is 7.14. The van der Waals surface area contributed by atoms with Gasteiger partial charge in [-0.1, -0.05) is 18.2 Å². The number of anilines is 1. The Balaban J connectivity index is 1.95. The maximum absolute atomic E-state index is 11.8. The number of carbonyl (C=O) groups excluding carboxylic acids is 1. The van der Waals surface area contributed by atoms with Gasteiger partial charge in [-0.3, -0.25) is 4.79 Å². The molecular formula is C17H17NO3. The van der Waals surface area contributed by atoms with E-state index in [1.807, 2.05) is 31.2 Å². The van der Waals surface area contributed by atoms with Gasteiger partial charge < -0.3 is 15.2 Å². The highest BCUT2D eigenvalue weighted by Gasteiger charge is 1.99. The van der Waals surface area contributed by atoms with E-state index in [2.05, 4.69) is 5.32 Å². The largest absolute Gasteiger partial charge is 0.508 e. The molecule has 0 aromatic heterocycles. The lowest BCUT2D eigenvalue weighted by molar-refractivity contribution is -0.111. The number of nitrogens with one attached hydrogen (secondary N) is 1. The molecule has 2 aromatic rings. The second-order valence-electron chi connectivity index (χ2n) is 4.37. The second-order valence-corrected chi connectivity index (χ2v) is 4.37. The fourth-order valence-electron chi connectivity index (χ4n) is 1.78. The van der Waals surface area contributed by atoms with Crippen LogP contribution in [0.2, 0.25) is 0 Å². The SMILES string of the molecule is CCOc1ccc(/C=C/C(=O)Nc2cccc(O)c2)cc1. The number of ether oxygens (including phenoxy) is 1. The fraction of sp³-hybridized carbons (Fsp3) is 0.118. The predicted molar refractivity (Wildman–Crippen MR) is 83.4 cm³/mol. The Labute approximate surface area is 123 Å². The molecule has 0 radical (unpaired) electrons. The number of aromatic hydroxyl groups is 1. The van der Waals surface area contributed by atoms with E-state index in [-0.39, 0.29) is 11.7 Å². The molecule has 0 aliphatic rings. The van der Waals surface area contributed by atoms with Crippen molar-refractivity contribution in [3.8, 4) is 11.5 Å². The van der Waals surface area contributed by atoms with Crippen molar-refractivity contribution < 1.29 is 14.6 Å². The first-order valence-electron chi connectivity index (χ1n) is 6.68. The molecule has 0 bridgehead atoms. The van der Waals surface area contributed by atoms with E-state index >= 15 is 0 Å². The van der Waals surface area contributed by atoms with Gasteiger partial charge in [0, 0.05) is 17.8 Å². The summed E-state index contributed by atoms with van der Waals surface area (Å²) in [6.07, 6.45) is 3.16. The fourth-order valence-corrected chi connectivity index (χ4v) is 1.78. The summed E-state index contributed by atoms with van der Waals surface area (Å²) < 4.78 is 5.35. The Morgan fingerprint density at radius 2 is 2.00 bits per heavy atom. The molecule has 4 nitrogen and oxygen atoms in total. The summed E-state index contributed by atoms with van der Waals surface area (Å²) in [5.74, 6) is 0.664. The molecule has 0 saturated carbocycles. The molecule has 21 heavy (non-hydrogen) atoms. The molecule has 0 aliphatic carbocycles. The molecule has 1 amide bonds. The minimum Gasteiger partial charge on any atom is -0.508 e. The zero-order valence-corrected chi connectivity index (χ0v) is 11.7. The lowest BCUT2D eigenvalue weighted by atomic mass is 10.2. The van der Waals surface area contributed by atoms with Gasteiger partial charge in [-0.25, -0.2) is 0 Å². The highest BCUT2D eigenvalue weighted by Crippen LogP contribution is 2.16. The number of phenols is 1. The van der Waals surface area contributed by atoms with Crippen LogP contribution in [0.3, 0.4) is 0 Å². The monoisotopic (exact) mass is 283 g/mol. The predicted octanol–water partition coefficient (Wildman–Crippen LogP) is 3.44. The molecule has 0 spiro atoms. The van der Waals surface area contributed by atoms with Crippen molar-refractivity contribution in [3.63, 3.8) is 0 Å². The average Bonchev–Trinajstić information content (AvgIpc) is 2.47. The van der Waals surface area contributed by atoms with Crippen molar-refractivity contribution in [3.05, 3.63) is 60.2 Å². The van der Waals surface area contributed by atoms with Crippen molar-refractivity contribution in [1.82, 2.24) is 0 Å². The van der Waals surface area contributed by atoms with Crippen LogP contribution in [0, 0.1) is 0 Å². The van der Waals surface area contributed by atoms with E-state index in [9.17, 15) is 9.90 Å². The standard InChI is InChI=1S/C17H17NO3/c1-2-21-16-9-6-13(7-10-16)8-11-17(20)18-14-4-3-5-15(19)12-14/h3-12,19H,2H2,1H3,(H,18,20)/b11-8+. The highest BCUT2D eigenvalue weighted by atomic mass is 16.5. The third-order valence-electron chi connectivity index (χ3n) is 2.73. The molecule has 4 heteroatoms. The topological polar surface area (TPSA) is 58.6 Å². The van der Waals surface area contributed by atoms with Crippen LogP contribution in [-0.2, 0) is 4.79 Å². The Bertz CT molecular complexity index is 633. The van der Waals surface area contributed by atoms with E-state index in [1.165, 1.54) is 12.1 Å². The molecule has 0 fully saturated rings. The summed E-state index contributed by atoms with van der Waals surface area (Å²) >= 11 is 0. The van der Waals surface area contributed by atoms with Crippen molar-refractivity contribution >= 4 is 17.7 Å². The van der Waals surface area contributed by atoms with Crippen molar-refractivity contribution in [2.75, 3.05) is 11.9 Å². The van der Waals surface area contributed by atoms with Crippen LogP contribution < -0.4 is 10.1 Å². The van der Waals surface area contributed by atoms with E-state index in [0.29, 0.717) is 12.3 Å². The Morgan fingerprint density at radius 1 is 1.24 bits per heavy atom. The first kappa shape index (κ1) is 14.7. The molecule has 2 N–H and O–H groups in total. The molecular weight excluding hydrogens is 266 g/mol. The van der Waals surface area contributed by atoms with Crippen LogP contribution >= 0.6 is 0 Å². The first-order chi connectivity index (χ1) is 10.2. The summed E-state index contributed by atoms with van der Waals surface area (Å²) in [5.41, 5.74) is 1.46. The van der Waals surface area contributed by atoms with Crippen LogP contribution in [0.4, 0.5) is 5.69 Å². The molecule has 0 unspecified atom stereocenters. The van der Waals surface area contributed by atoms with Crippen LogP contribution in [0.15, 0.2) is 54.6 Å². The lowest BCUT2D eigenvalue weighted by Crippen LogP contribution is -2.07. The molecule has 0 saturated heterocycles. The molecule has 2 aromatic carbocycles. The van der Waals surface area contributed by atoms with Gasteiger partial charge in [0.1, 0.15) is 11.5 Å². The third-order valence-corrected chi connectivity index (χ3v) is 2.73. The summed E-state index contributed by atoms with van der Waals surface area (Å²) in [5, 5.41) is 12.0. The van der Waals surface area contributed by atoms with Crippen molar-refractivity contribution in [1.29, 1.82) is 0 Å². The number of hydrogen-bond acceptors (Lipinski definition) is 3. The van der Waals surface area contributed by atoms with Crippen LogP contribution in [0.5, 0.6) is 11.5 Å². The van der Waals surface area contributed by atoms with Gasteiger partial charge in [-0.05, 0) is 42.8 Å². The van der Waals surface area contributed by atoms with E-state index in [4.69, 9.17) is 4.74 Å². The van der Waals surface area contributed by atoms with E-state index in [1.54, 1.807) is 24.3 Å². The lowest BCUT2D eigenvalue weighted by Gasteiger charge is -2.03. The number of rotatable bonds is 5. The van der Waals surface area contributed by atoms with Gasteiger partial charge in [-0.2, -0.15) is 0 Å². The maximum Gasteiger partial charge on any atom is 0.248 e. The number of phenolic OH excluding ortho intramolecular Hbond substituents is 1. The van der Waals surface area contributed by atoms with Crippen LogP contribution in [0.25, 0.3) is 6.08 Å². The quantitative estimate of drug-likeness (QED) is 0.826. The zero-order valence-electron chi connectivity index (χ0n) is 11.7. The molecule has 108 valence electrons. The van der Waals surface area contributed by atoms with Gasteiger partial charge in [0.2, 0.25) is 5.91 Å².